The third kappa shape index (κ3) is 4.14. The summed E-state index contributed by atoms with van der Waals surface area (Å²) in [5.74, 6) is -0.259. The summed E-state index contributed by atoms with van der Waals surface area (Å²) in [4.78, 5) is 18.6. The number of thiazole rings is 1. The van der Waals surface area contributed by atoms with Gasteiger partial charge in [0.15, 0.2) is 5.13 Å². The van der Waals surface area contributed by atoms with Gasteiger partial charge in [-0.3, -0.25) is 10.1 Å². The summed E-state index contributed by atoms with van der Waals surface area (Å²) in [6, 6.07) is 6.21. The number of sulfonamides is 1. The van der Waals surface area contributed by atoms with E-state index < -0.39 is 10.0 Å². The topological polar surface area (TPSA) is 79.4 Å². The first kappa shape index (κ1) is 19.5. The van der Waals surface area contributed by atoms with Crippen LogP contribution in [-0.2, 0) is 22.9 Å². The number of hydrogen-bond acceptors (Lipinski definition) is 5. The molecule has 0 unspecified atom stereocenters. The molecule has 0 atom stereocenters. The number of hydrogen-bond donors (Lipinski definition) is 1. The smallest absolute Gasteiger partial charge is 0.257 e. The Bertz CT molecular complexity index is 920. The molecule has 0 spiro atoms. The molecule has 1 aliphatic heterocycles. The molecule has 4 rings (SSSR count). The Labute approximate surface area is 170 Å². The third-order valence-corrected chi connectivity index (χ3v) is 8.37. The van der Waals surface area contributed by atoms with Crippen LogP contribution in [0.25, 0.3) is 0 Å². The fraction of sp³-hybridized carbons (Fsp3) is 0.500. The van der Waals surface area contributed by atoms with Crippen LogP contribution in [-0.4, -0.2) is 36.7 Å². The molecular formula is C20H25N3O3S2. The molecule has 1 aromatic heterocycles. The van der Waals surface area contributed by atoms with Crippen LogP contribution in [0, 0.1) is 0 Å². The number of fused-ring (bicyclic) bond motifs is 1. The summed E-state index contributed by atoms with van der Waals surface area (Å²) in [7, 11) is -3.50. The molecule has 0 bridgehead atoms. The van der Waals surface area contributed by atoms with Gasteiger partial charge in [0.25, 0.3) is 5.91 Å². The second kappa shape index (κ2) is 8.31. The first-order valence-corrected chi connectivity index (χ1v) is 12.2. The number of nitrogens with zero attached hydrogens (tertiary/aromatic N) is 2. The zero-order chi connectivity index (χ0) is 19.6. The number of amides is 1. The van der Waals surface area contributed by atoms with Crippen LogP contribution >= 0.6 is 11.3 Å². The van der Waals surface area contributed by atoms with Gasteiger partial charge in [-0.15, -0.1) is 11.3 Å². The molecule has 1 fully saturated rings. The predicted octanol–water partition coefficient (Wildman–Crippen LogP) is 3.84. The van der Waals surface area contributed by atoms with Crippen molar-refractivity contribution >= 4 is 32.4 Å². The van der Waals surface area contributed by atoms with Crippen LogP contribution in [0.1, 0.15) is 59.5 Å². The van der Waals surface area contributed by atoms with Crippen molar-refractivity contribution in [2.24, 2.45) is 0 Å². The van der Waals surface area contributed by atoms with Crippen LogP contribution in [0.5, 0.6) is 0 Å². The first-order valence-electron chi connectivity index (χ1n) is 9.94. The van der Waals surface area contributed by atoms with Crippen LogP contribution in [0.2, 0.25) is 0 Å². The van der Waals surface area contributed by atoms with Gasteiger partial charge in [-0.1, -0.05) is 12.8 Å². The first-order chi connectivity index (χ1) is 13.5. The van der Waals surface area contributed by atoms with Crippen LogP contribution in [0.3, 0.4) is 0 Å². The zero-order valence-corrected chi connectivity index (χ0v) is 17.4. The van der Waals surface area contributed by atoms with Crippen molar-refractivity contribution in [3.05, 3.63) is 40.4 Å². The van der Waals surface area contributed by atoms with E-state index in [4.69, 9.17) is 0 Å². The summed E-state index contributed by atoms with van der Waals surface area (Å²) in [5, 5.41) is 3.48. The van der Waals surface area contributed by atoms with Gasteiger partial charge in [-0.2, -0.15) is 4.31 Å². The maximum Gasteiger partial charge on any atom is 0.257 e. The van der Waals surface area contributed by atoms with E-state index in [2.05, 4.69) is 10.3 Å². The van der Waals surface area contributed by atoms with E-state index in [0.717, 1.165) is 50.6 Å². The van der Waals surface area contributed by atoms with E-state index in [9.17, 15) is 13.2 Å². The van der Waals surface area contributed by atoms with Crippen LogP contribution in [0.15, 0.2) is 29.2 Å². The normalized spacial score (nSPS) is 18.3. The fourth-order valence-corrected chi connectivity index (χ4v) is 6.35. The van der Waals surface area contributed by atoms with Crippen molar-refractivity contribution < 1.29 is 13.2 Å². The zero-order valence-electron chi connectivity index (χ0n) is 15.8. The van der Waals surface area contributed by atoms with Crippen molar-refractivity contribution in [2.75, 3.05) is 18.4 Å². The van der Waals surface area contributed by atoms with Gasteiger partial charge in [-0.05, 0) is 62.8 Å². The lowest BCUT2D eigenvalue weighted by atomic mass is 10.0. The molecular weight excluding hydrogens is 394 g/mol. The van der Waals surface area contributed by atoms with Crippen molar-refractivity contribution in [3.63, 3.8) is 0 Å². The summed E-state index contributed by atoms with van der Waals surface area (Å²) >= 11 is 1.54. The number of carbonyl (C=O) groups is 1. The van der Waals surface area contributed by atoms with E-state index in [1.54, 1.807) is 27.8 Å². The van der Waals surface area contributed by atoms with Crippen LogP contribution < -0.4 is 5.32 Å². The molecule has 1 aromatic carbocycles. The van der Waals surface area contributed by atoms with Crippen molar-refractivity contribution in [3.8, 4) is 0 Å². The number of benzene rings is 1. The van der Waals surface area contributed by atoms with Crippen LogP contribution in [0.4, 0.5) is 5.13 Å². The molecule has 1 N–H and O–H groups in total. The maximum absolute atomic E-state index is 12.8. The van der Waals surface area contributed by atoms with E-state index in [1.807, 2.05) is 0 Å². The van der Waals surface area contributed by atoms with Crippen molar-refractivity contribution in [1.29, 1.82) is 0 Å². The van der Waals surface area contributed by atoms with E-state index >= 15 is 0 Å². The SMILES string of the molecule is O=C(Nc1nc2c(s1)CCCC2)c1ccc(S(=O)(=O)N2CCCCCC2)cc1. The van der Waals surface area contributed by atoms with Gasteiger partial charge < -0.3 is 0 Å². The maximum atomic E-state index is 12.8. The molecule has 28 heavy (non-hydrogen) atoms. The summed E-state index contributed by atoms with van der Waals surface area (Å²) in [6.07, 6.45) is 8.29. The summed E-state index contributed by atoms with van der Waals surface area (Å²) in [6.45, 7) is 1.14. The monoisotopic (exact) mass is 419 g/mol. The Kier molecular flexibility index (Phi) is 5.80. The minimum atomic E-state index is -3.50. The minimum absolute atomic E-state index is 0.246. The molecule has 6 nitrogen and oxygen atoms in total. The average molecular weight is 420 g/mol. The second-order valence-corrected chi connectivity index (χ2v) is 10.4. The molecule has 0 saturated carbocycles. The summed E-state index contributed by atoms with van der Waals surface area (Å²) < 4.78 is 27.2. The average Bonchev–Trinajstić information content (AvgIpc) is 2.90. The Morgan fingerprint density at radius 3 is 2.32 bits per heavy atom. The molecule has 2 aliphatic rings. The predicted molar refractivity (Wildman–Crippen MR) is 110 cm³/mol. The number of carbonyl (C=O) groups excluding carboxylic acids is 1. The van der Waals surface area contributed by atoms with E-state index in [0.29, 0.717) is 23.8 Å². The molecule has 150 valence electrons. The molecule has 0 radical (unpaired) electrons. The largest absolute Gasteiger partial charge is 0.298 e. The molecule has 1 aliphatic carbocycles. The molecule has 1 saturated heterocycles. The highest BCUT2D eigenvalue weighted by molar-refractivity contribution is 7.89. The number of aryl methyl sites for hydroxylation is 2. The van der Waals surface area contributed by atoms with Gasteiger partial charge in [-0.25, -0.2) is 13.4 Å². The number of nitrogens with one attached hydrogen (secondary N) is 1. The van der Waals surface area contributed by atoms with E-state index in [-0.39, 0.29) is 10.8 Å². The Hall–Kier alpha value is -1.77. The number of anilines is 1. The third-order valence-electron chi connectivity index (χ3n) is 5.39. The highest BCUT2D eigenvalue weighted by Gasteiger charge is 2.25. The number of rotatable bonds is 4. The molecule has 2 aromatic rings. The summed E-state index contributed by atoms with van der Waals surface area (Å²) in [5.41, 5.74) is 1.54. The van der Waals surface area contributed by atoms with Gasteiger partial charge in [0.05, 0.1) is 10.6 Å². The lowest BCUT2D eigenvalue weighted by Gasteiger charge is -2.20. The highest BCUT2D eigenvalue weighted by Crippen LogP contribution is 2.30. The van der Waals surface area contributed by atoms with E-state index in [1.165, 1.54) is 23.4 Å². The quantitative estimate of drug-likeness (QED) is 0.817. The Morgan fingerprint density at radius 1 is 0.964 bits per heavy atom. The van der Waals surface area contributed by atoms with Gasteiger partial charge in [0.2, 0.25) is 10.0 Å². The fourth-order valence-electron chi connectivity index (χ4n) is 3.78. The Morgan fingerprint density at radius 2 is 1.64 bits per heavy atom. The van der Waals surface area contributed by atoms with Gasteiger partial charge >= 0.3 is 0 Å². The standard InChI is InChI=1S/C20H25N3O3S2/c24-19(22-20-21-17-7-3-4-8-18(17)27-20)15-9-11-16(12-10-15)28(25,26)23-13-5-1-2-6-14-23/h9-12H,1-8,13-14H2,(H,21,22,24). The van der Waals surface area contributed by atoms with Crippen molar-refractivity contribution in [2.45, 2.75) is 56.3 Å². The number of aromatic nitrogens is 1. The van der Waals surface area contributed by atoms with Gasteiger partial charge in [0.1, 0.15) is 0 Å². The Balaban J connectivity index is 1.46. The van der Waals surface area contributed by atoms with Crippen molar-refractivity contribution in [1.82, 2.24) is 9.29 Å². The molecule has 2 heterocycles. The minimum Gasteiger partial charge on any atom is -0.298 e. The molecule has 1 amide bonds. The van der Waals surface area contributed by atoms with Gasteiger partial charge in [0, 0.05) is 23.5 Å². The molecule has 8 heteroatoms. The highest BCUT2D eigenvalue weighted by atomic mass is 32.2. The lowest BCUT2D eigenvalue weighted by molar-refractivity contribution is 0.102. The second-order valence-electron chi connectivity index (χ2n) is 7.39. The lowest BCUT2D eigenvalue weighted by Crippen LogP contribution is -2.31.